The van der Waals surface area contributed by atoms with Gasteiger partial charge in [-0.15, -0.1) is 0 Å². The van der Waals surface area contributed by atoms with Crippen LogP contribution in [0.2, 0.25) is 5.15 Å². The van der Waals surface area contributed by atoms with E-state index in [9.17, 15) is 4.21 Å². The van der Waals surface area contributed by atoms with Crippen molar-refractivity contribution in [3.63, 3.8) is 0 Å². The van der Waals surface area contributed by atoms with Gasteiger partial charge in [0, 0.05) is 12.4 Å². The molecule has 82 valence electrons. The van der Waals surface area contributed by atoms with Crippen molar-refractivity contribution < 1.29 is 4.21 Å². The first kappa shape index (κ1) is 12.3. The molecule has 1 aromatic rings. The molecule has 0 fully saturated rings. The zero-order chi connectivity index (χ0) is 11.6. The first-order valence-corrected chi connectivity index (χ1v) is 5.79. The highest BCUT2D eigenvalue weighted by Crippen LogP contribution is 2.30. The van der Waals surface area contributed by atoms with Gasteiger partial charge >= 0.3 is 0 Å². The van der Waals surface area contributed by atoms with Gasteiger partial charge in [-0.1, -0.05) is 18.2 Å². The third kappa shape index (κ3) is 2.42. The Morgan fingerprint density at radius 3 is 2.53 bits per heavy atom. The standard InChI is InChI=1S/C9H12ClN3OS/c1-6(9(2,3)15(11)14)7-8(10)13-5-4-12-7/h4-5H,1,11H2,2-3H3. The van der Waals surface area contributed by atoms with Crippen LogP contribution in [0.3, 0.4) is 0 Å². The van der Waals surface area contributed by atoms with E-state index in [4.69, 9.17) is 16.7 Å². The topological polar surface area (TPSA) is 68.9 Å². The Morgan fingerprint density at radius 2 is 2.07 bits per heavy atom. The van der Waals surface area contributed by atoms with Crippen molar-refractivity contribution >= 4 is 28.2 Å². The van der Waals surface area contributed by atoms with Crippen LogP contribution in [0.25, 0.3) is 5.57 Å². The van der Waals surface area contributed by atoms with Gasteiger partial charge in [-0.3, -0.25) is 10.1 Å². The Bertz CT molecular complexity index is 420. The number of aromatic nitrogens is 2. The molecule has 2 N–H and O–H groups in total. The molecule has 1 atom stereocenters. The van der Waals surface area contributed by atoms with E-state index in [1.165, 1.54) is 12.4 Å². The van der Waals surface area contributed by atoms with Crippen LogP contribution in [0.4, 0.5) is 0 Å². The molecule has 0 spiro atoms. The zero-order valence-electron chi connectivity index (χ0n) is 8.53. The lowest BCUT2D eigenvalue weighted by atomic mass is 10.0. The van der Waals surface area contributed by atoms with Gasteiger partial charge in [-0.05, 0) is 19.4 Å². The summed E-state index contributed by atoms with van der Waals surface area (Å²) in [6, 6.07) is 0. The second kappa shape index (κ2) is 4.38. The van der Waals surface area contributed by atoms with Crippen LogP contribution in [0.5, 0.6) is 0 Å². The van der Waals surface area contributed by atoms with E-state index in [0.717, 1.165) is 0 Å². The van der Waals surface area contributed by atoms with Gasteiger partial charge in [-0.2, -0.15) is 0 Å². The van der Waals surface area contributed by atoms with Crippen molar-refractivity contribution in [2.75, 3.05) is 0 Å². The Kier molecular flexibility index (Phi) is 3.59. The summed E-state index contributed by atoms with van der Waals surface area (Å²) in [5.41, 5.74) is 0.949. The second-order valence-electron chi connectivity index (χ2n) is 3.48. The maximum atomic E-state index is 11.3. The van der Waals surface area contributed by atoms with Crippen LogP contribution < -0.4 is 5.14 Å². The molecule has 0 radical (unpaired) electrons. The minimum absolute atomic E-state index is 0.237. The first-order valence-electron chi connectivity index (χ1n) is 4.20. The highest BCUT2D eigenvalue weighted by Gasteiger charge is 2.30. The SMILES string of the molecule is C=C(c1nccnc1Cl)C(C)(C)S(N)=O. The summed E-state index contributed by atoms with van der Waals surface area (Å²) >= 11 is 5.86. The molecule has 1 heterocycles. The maximum Gasteiger partial charge on any atom is 0.154 e. The summed E-state index contributed by atoms with van der Waals surface area (Å²) in [6.07, 6.45) is 2.98. The van der Waals surface area contributed by atoms with Crippen LogP contribution in [-0.4, -0.2) is 18.9 Å². The molecule has 0 aliphatic rings. The fourth-order valence-electron chi connectivity index (χ4n) is 0.930. The molecule has 1 unspecified atom stereocenters. The molecule has 0 saturated carbocycles. The number of nitrogens with two attached hydrogens (primary N) is 1. The van der Waals surface area contributed by atoms with Crippen molar-refractivity contribution in [3.8, 4) is 0 Å². The zero-order valence-corrected chi connectivity index (χ0v) is 10.1. The van der Waals surface area contributed by atoms with E-state index in [1.54, 1.807) is 13.8 Å². The fraction of sp³-hybridized carbons (Fsp3) is 0.333. The number of rotatable bonds is 3. The second-order valence-corrected chi connectivity index (χ2v) is 5.46. The fourth-order valence-corrected chi connectivity index (χ4v) is 1.49. The van der Waals surface area contributed by atoms with Gasteiger partial charge < -0.3 is 0 Å². The largest absolute Gasteiger partial charge is 0.252 e. The summed E-state index contributed by atoms with van der Waals surface area (Å²) in [6.45, 7) is 7.26. The van der Waals surface area contributed by atoms with Crippen molar-refractivity contribution in [2.45, 2.75) is 18.6 Å². The predicted octanol–water partition coefficient (Wildman–Crippen LogP) is 1.54. The average molecular weight is 246 g/mol. The Labute approximate surface area is 96.2 Å². The smallest absolute Gasteiger partial charge is 0.154 e. The van der Waals surface area contributed by atoms with Gasteiger partial charge in [0.2, 0.25) is 0 Å². The summed E-state index contributed by atoms with van der Waals surface area (Å²) in [4.78, 5) is 7.92. The van der Waals surface area contributed by atoms with Gasteiger partial charge in [0.1, 0.15) is 5.69 Å². The number of halogens is 1. The molecule has 0 amide bonds. The first-order chi connectivity index (χ1) is 6.87. The molecule has 15 heavy (non-hydrogen) atoms. The lowest BCUT2D eigenvalue weighted by molar-refractivity contribution is 0.667. The van der Waals surface area contributed by atoms with E-state index < -0.39 is 15.7 Å². The van der Waals surface area contributed by atoms with E-state index in [1.807, 2.05) is 0 Å². The van der Waals surface area contributed by atoms with Crippen LogP contribution in [0.1, 0.15) is 19.5 Å². The predicted molar refractivity (Wildman–Crippen MR) is 62.5 cm³/mol. The van der Waals surface area contributed by atoms with Crippen LogP contribution in [0.15, 0.2) is 19.0 Å². The van der Waals surface area contributed by atoms with Crippen LogP contribution in [0, 0.1) is 0 Å². The Hall–Kier alpha value is -0.780. The average Bonchev–Trinajstić information content (AvgIpc) is 2.17. The van der Waals surface area contributed by atoms with Gasteiger partial charge in [-0.25, -0.2) is 9.19 Å². The van der Waals surface area contributed by atoms with E-state index in [0.29, 0.717) is 11.3 Å². The molecular weight excluding hydrogens is 234 g/mol. The minimum Gasteiger partial charge on any atom is -0.252 e. The molecule has 0 aliphatic carbocycles. The maximum absolute atomic E-state index is 11.3. The molecule has 1 aromatic heterocycles. The van der Waals surface area contributed by atoms with Gasteiger partial charge in [0.15, 0.2) is 5.15 Å². The summed E-state index contributed by atoms with van der Waals surface area (Å²) in [7, 11) is -1.54. The normalized spacial score (nSPS) is 13.6. The van der Waals surface area contributed by atoms with Crippen LogP contribution >= 0.6 is 11.6 Å². The summed E-state index contributed by atoms with van der Waals surface area (Å²) < 4.78 is 10.6. The lowest BCUT2D eigenvalue weighted by Crippen LogP contribution is -2.33. The van der Waals surface area contributed by atoms with Gasteiger partial charge in [0.25, 0.3) is 0 Å². The van der Waals surface area contributed by atoms with Crippen LogP contribution in [-0.2, 0) is 11.0 Å². The van der Waals surface area contributed by atoms with Crippen molar-refractivity contribution in [1.82, 2.24) is 9.97 Å². The Morgan fingerprint density at radius 1 is 1.53 bits per heavy atom. The van der Waals surface area contributed by atoms with E-state index in [2.05, 4.69) is 16.5 Å². The molecule has 1 rings (SSSR count). The number of nitrogens with zero attached hydrogens (tertiary/aromatic N) is 2. The molecular formula is C9H12ClN3OS. The highest BCUT2D eigenvalue weighted by atomic mass is 35.5. The highest BCUT2D eigenvalue weighted by molar-refractivity contribution is 7.84. The molecule has 0 saturated heterocycles. The molecule has 0 aliphatic heterocycles. The van der Waals surface area contributed by atoms with Crippen molar-refractivity contribution in [1.29, 1.82) is 0 Å². The molecule has 4 nitrogen and oxygen atoms in total. The van der Waals surface area contributed by atoms with E-state index in [-0.39, 0.29) is 5.15 Å². The Balaban J connectivity index is 3.16. The molecule has 0 bridgehead atoms. The van der Waals surface area contributed by atoms with E-state index >= 15 is 0 Å². The third-order valence-electron chi connectivity index (χ3n) is 2.17. The molecule has 0 aromatic carbocycles. The lowest BCUT2D eigenvalue weighted by Gasteiger charge is -2.23. The van der Waals surface area contributed by atoms with Crippen molar-refractivity contribution in [3.05, 3.63) is 29.8 Å². The number of hydrogen-bond acceptors (Lipinski definition) is 3. The summed E-state index contributed by atoms with van der Waals surface area (Å²) in [5.74, 6) is 0. The molecule has 6 heteroatoms. The van der Waals surface area contributed by atoms with Gasteiger partial charge in [0.05, 0.1) is 15.7 Å². The summed E-state index contributed by atoms with van der Waals surface area (Å²) in [5, 5.41) is 5.62. The number of hydrogen-bond donors (Lipinski definition) is 1. The quantitative estimate of drug-likeness (QED) is 0.878. The van der Waals surface area contributed by atoms with Crippen molar-refractivity contribution in [2.24, 2.45) is 5.14 Å². The minimum atomic E-state index is -1.54. The third-order valence-corrected chi connectivity index (χ3v) is 3.70. The monoisotopic (exact) mass is 245 g/mol.